The fraction of sp³-hybridized carbons (Fsp3) is 0.600. The number of aromatic hydroxyl groups is 1. The molecule has 1 aliphatic carbocycles. The fourth-order valence-corrected chi connectivity index (χ4v) is 2.82. The molecule has 100 valence electrons. The predicted molar refractivity (Wildman–Crippen MR) is 71.0 cm³/mol. The van der Waals surface area contributed by atoms with Gasteiger partial charge in [-0.05, 0) is 56.3 Å². The van der Waals surface area contributed by atoms with Gasteiger partial charge in [0.05, 0.1) is 0 Å². The molecule has 1 saturated carbocycles. The summed E-state index contributed by atoms with van der Waals surface area (Å²) in [6.07, 6.45) is 5.00. The summed E-state index contributed by atoms with van der Waals surface area (Å²) in [5.74, 6) is 0.485. The highest BCUT2D eigenvalue weighted by Gasteiger charge is 2.21. The minimum Gasteiger partial charge on any atom is -0.508 e. The van der Waals surface area contributed by atoms with Gasteiger partial charge >= 0.3 is 0 Å². The Morgan fingerprint density at radius 2 is 1.89 bits per heavy atom. The Morgan fingerprint density at radius 3 is 2.50 bits per heavy atom. The van der Waals surface area contributed by atoms with E-state index in [0.29, 0.717) is 12.6 Å². The van der Waals surface area contributed by atoms with Crippen molar-refractivity contribution in [2.45, 2.75) is 45.2 Å². The summed E-state index contributed by atoms with van der Waals surface area (Å²) in [7, 11) is 2.09. The van der Waals surface area contributed by atoms with E-state index < -0.39 is 0 Å². The summed E-state index contributed by atoms with van der Waals surface area (Å²) in [6, 6.07) is 4.88. The van der Waals surface area contributed by atoms with E-state index in [4.69, 9.17) is 0 Å². The predicted octanol–water partition coefficient (Wildman–Crippen LogP) is 3.54. The second kappa shape index (κ2) is 5.70. The maximum Gasteiger partial charge on any atom is 0.127 e. The average Bonchev–Trinajstić information content (AvgIpc) is 2.28. The summed E-state index contributed by atoms with van der Waals surface area (Å²) >= 11 is 0. The zero-order valence-electron chi connectivity index (χ0n) is 11.2. The van der Waals surface area contributed by atoms with E-state index in [9.17, 15) is 9.50 Å². The van der Waals surface area contributed by atoms with E-state index in [1.165, 1.54) is 31.7 Å². The van der Waals surface area contributed by atoms with Crippen molar-refractivity contribution in [3.05, 3.63) is 29.6 Å². The number of benzene rings is 1. The van der Waals surface area contributed by atoms with Gasteiger partial charge in [0.1, 0.15) is 11.6 Å². The van der Waals surface area contributed by atoms with Crippen molar-refractivity contribution in [1.29, 1.82) is 0 Å². The van der Waals surface area contributed by atoms with Crippen molar-refractivity contribution in [2.24, 2.45) is 5.92 Å². The molecule has 2 nitrogen and oxygen atoms in total. The SMILES string of the molecule is CC1CCC(N(C)Cc2cc(O)cc(F)c2)CC1. The average molecular weight is 251 g/mol. The Morgan fingerprint density at radius 1 is 1.22 bits per heavy atom. The highest BCUT2D eigenvalue weighted by molar-refractivity contribution is 5.28. The number of phenols is 1. The van der Waals surface area contributed by atoms with Gasteiger partial charge in [0.15, 0.2) is 0 Å². The number of hydrogen-bond acceptors (Lipinski definition) is 2. The first-order valence-electron chi connectivity index (χ1n) is 6.73. The number of halogens is 1. The summed E-state index contributed by atoms with van der Waals surface area (Å²) in [5.41, 5.74) is 0.841. The topological polar surface area (TPSA) is 23.5 Å². The smallest absolute Gasteiger partial charge is 0.127 e. The lowest BCUT2D eigenvalue weighted by Crippen LogP contribution is -2.34. The largest absolute Gasteiger partial charge is 0.508 e. The molecule has 18 heavy (non-hydrogen) atoms. The number of rotatable bonds is 3. The van der Waals surface area contributed by atoms with Gasteiger partial charge in [-0.3, -0.25) is 4.90 Å². The third-order valence-corrected chi connectivity index (χ3v) is 3.98. The lowest BCUT2D eigenvalue weighted by molar-refractivity contribution is 0.163. The molecule has 1 fully saturated rings. The van der Waals surface area contributed by atoms with Gasteiger partial charge in [-0.2, -0.15) is 0 Å². The normalized spacial score (nSPS) is 24.4. The van der Waals surface area contributed by atoms with Crippen LogP contribution in [0.2, 0.25) is 0 Å². The molecule has 3 heteroatoms. The maximum atomic E-state index is 13.2. The first kappa shape index (κ1) is 13.3. The van der Waals surface area contributed by atoms with Crippen LogP contribution in [-0.2, 0) is 6.54 Å². The van der Waals surface area contributed by atoms with Crippen molar-refractivity contribution in [3.63, 3.8) is 0 Å². The van der Waals surface area contributed by atoms with Crippen LogP contribution < -0.4 is 0 Å². The Bertz CT molecular complexity index is 379. The van der Waals surface area contributed by atoms with Crippen LogP contribution >= 0.6 is 0 Å². The van der Waals surface area contributed by atoms with Gasteiger partial charge in [0.2, 0.25) is 0 Å². The monoisotopic (exact) mass is 251 g/mol. The second-order valence-electron chi connectivity index (χ2n) is 5.65. The quantitative estimate of drug-likeness (QED) is 0.888. The minimum atomic E-state index is -0.365. The molecule has 0 amide bonds. The summed E-state index contributed by atoms with van der Waals surface area (Å²) in [6.45, 7) is 3.01. The van der Waals surface area contributed by atoms with E-state index >= 15 is 0 Å². The zero-order chi connectivity index (χ0) is 13.1. The molecule has 1 aromatic carbocycles. The number of phenolic OH excluding ortho intramolecular Hbond substituents is 1. The highest BCUT2D eigenvalue weighted by Crippen LogP contribution is 2.27. The van der Waals surface area contributed by atoms with Crippen molar-refractivity contribution >= 4 is 0 Å². The zero-order valence-corrected chi connectivity index (χ0v) is 11.2. The van der Waals surface area contributed by atoms with Crippen LogP contribution in [0.3, 0.4) is 0 Å². The molecule has 0 radical (unpaired) electrons. The molecule has 1 aromatic rings. The first-order chi connectivity index (χ1) is 8.54. The third-order valence-electron chi connectivity index (χ3n) is 3.98. The molecule has 0 atom stereocenters. The van der Waals surface area contributed by atoms with Crippen LogP contribution in [0.1, 0.15) is 38.2 Å². The summed E-state index contributed by atoms with van der Waals surface area (Å²) < 4.78 is 13.2. The molecule has 0 aliphatic heterocycles. The molecule has 0 saturated heterocycles. The van der Waals surface area contributed by atoms with Crippen LogP contribution in [0.15, 0.2) is 18.2 Å². The van der Waals surface area contributed by atoms with Gasteiger partial charge in [-0.25, -0.2) is 4.39 Å². The minimum absolute atomic E-state index is 0.00988. The standard InChI is InChI=1S/C15H22FNO/c1-11-3-5-14(6-4-11)17(2)10-12-7-13(16)9-15(18)8-12/h7-9,11,14,18H,3-6,10H2,1-2H3. The van der Waals surface area contributed by atoms with E-state index in [-0.39, 0.29) is 11.6 Å². The Kier molecular flexibility index (Phi) is 4.23. The van der Waals surface area contributed by atoms with Gasteiger partial charge < -0.3 is 5.11 Å². The van der Waals surface area contributed by atoms with E-state index in [1.807, 2.05) is 0 Å². The lowest BCUT2D eigenvalue weighted by Gasteiger charge is -2.33. The van der Waals surface area contributed by atoms with Crippen molar-refractivity contribution in [1.82, 2.24) is 4.90 Å². The third kappa shape index (κ3) is 3.45. The Hall–Kier alpha value is -1.09. The molecule has 1 aliphatic rings. The van der Waals surface area contributed by atoms with Crippen LogP contribution in [0.25, 0.3) is 0 Å². The lowest BCUT2D eigenvalue weighted by atomic mass is 9.86. The Labute approximate surface area is 108 Å². The summed E-state index contributed by atoms with van der Waals surface area (Å²) in [5, 5.41) is 9.39. The fourth-order valence-electron chi connectivity index (χ4n) is 2.82. The number of hydrogen-bond donors (Lipinski definition) is 1. The van der Waals surface area contributed by atoms with Gasteiger partial charge in [0, 0.05) is 18.7 Å². The van der Waals surface area contributed by atoms with Crippen molar-refractivity contribution < 1.29 is 9.50 Å². The molecule has 0 spiro atoms. The van der Waals surface area contributed by atoms with Crippen LogP contribution in [-0.4, -0.2) is 23.1 Å². The molecule has 0 bridgehead atoms. The molecule has 0 aromatic heterocycles. The Balaban J connectivity index is 1.96. The van der Waals surface area contributed by atoms with Crippen molar-refractivity contribution in [2.75, 3.05) is 7.05 Å². The molecular formula is C15H22FNO. The van der Waals surface area contributed by atoms with Crippen LogP contribution in [0, 0.1) is 11.7 Å². The van der Waals surface area contributed by atoms with Crippen molar-refractivity contribution in [3.8, 4) is 5.75 Å². The summed E-state index contributed by atoms with van der Waals surface area (Å²) in [4.78, 5) is 2.28. The van der Waals surface area contributed by atoms with E-state index in [1.54, 1.807) is 6.07 Å². The molecule has 2 rings (SSSR count). The van der Waals surface area contributed by atoms with E-state index in [2.05, 4.69) is 18.9 Å². The molecule has 1 N–H and O–H groups in total. The highest BCUT2D eigenvalue weighted by atomic mass is 19.1. The molecule has 0 heterocycles. The first-order valence-corrected chi connectivity index (χ1v) is 6.73. The van der Waals surface area contributed by atoms with Crippen LogP contribution in [0.5, 0.6) is 5.75 Å². The van der Waals surface area contributed by atoms with Gasteiger partial charge in [-0.1, -0.05) is 6.92 Å². The maximum absolute atomic E-state index is 13.2. The van der Waals surface area contributed by atoms with E-state index in [0.717, 1.165) is 17.5 Å². The van der Waals surface area contributed by atoms with Crippen LogP contribution in [0.4, 0.5) is 4.39 Å². The molecule has 0 unspecified atom stereocenters. The van der Waals surface area contributed by atoms with Gasteiger partial charge in [0.25, 0.3) is 0 Å². The second-order valence-corrected chi connectivity index (χ2v) is 5.65. The van der Waals surface area contributed by atoms with Gasteiger partial charge in [-0.15, -0.1) is 0 Å². The number of nitrogens with zero attached hydrogens (tertiary/aromatic N) is 1. The molecular weight excluding hydrogens is 229 g/mol.